The second-order valence-electron chi connectivity index (χ2n) is 13.2. The van der Waals surface area contributed by atoms with Crippen LogP contribution < -0.4 is 0 Å². The highest BCUT2D eigenvalue weighted by Gasteiger charge is 2.61. The Bertz CT molecular complexity index is 962. The van der Waals surface area contributed by atoms with Crippen molar-refractivity contribution in [2.75, 3.05) is 0 Å². The third-order valence-electron chi connectivity index (χ3n) is 7.22. The van der Waals surface area contributed by atoms with Crippen LogP contribution in [0.5, 0.6) is 0 Å². The molecular weight excluding hydrogens is 488 g/mol. The molecule has 0 bridgehead atoms. The molecule has 0 spiro atoms. The number of carboxylic acid groups (broad SMARTS) is 2. The van der Waals surface area contributed by atoms with Crippen molar-refractivity contribution in [1.82, 2.24) is 0 Å². The lowest BCUT2D eigenvalue weighted by molar-refractivity contribution is -0.183. The van der Waals surface area contributed by atoms with Gasteiger partial charge in [-0.3, -0.25) is 19.2 Å². The predicted octanol–water partition coefficient (Wildman–Crippen LogP) is 6.26. The van der Waals surface area contributed by atoms with Gasteiger partial charge in [-0.05, 0) is 56.4 Å². The third-order valence-corrected chi connectivity index (χ3v) is 7.22. The Hall–Kier alpha value is -2.90. The van der Waals surface area contributed by atoms with Crippen molar-refractivity contribution in [1.29, 1.82) is 0 Å². The van der Waals surface area contributed by atoms with Gasteiger partial charge in [-0.25, -0.2) is 0 Å². The number of hydrogen-bond acceptors (Lipinski definition) is 6. The molecule has 8 heteroatoms. The maximum absolute atomic E-state index is 13.9. The number of carbonyl (C=O) groups is 4. The molecule has 0 aliphatic heterocycles. The summed E-state index contributed by atoms with van der Waals surface area (Å²) in [6.07, 6.45) is -1.07. The molecule has 0 heterocycles. The molecule has 38 heavy (non-hydrogen) atoms. The average Bonchev–Trinajstić information content (AvgIpc) is 2.74. The maximum atomic E-state index is 13.9. The smallest absolute Gasteiger partial charge is 0.312 e. The van der Waals surface area contributed by atoms with E-state index in [2.05, 4.69) is 0 Å². The van der Waals surface area contributed by atoms with Gasteiger partial charge in [-0.15, -0.1) is 0 Å². The van der Waals surface area contributed by atoms with Crippen molar-refractivity contribution < 1.29 is 38.9 Å². The number of aliphatic carboxylic acids is 2. The molecule has 1 atom stereocenters. The fourth-order valence-corrected chi connectivity index (χ4v) is 5.41. The summed E-state index contributed by atoms with van der Waals surface area (Å²) in [5, 5.41) is 20.3. The Morgan fingerprint density at radius 1 is 0.763 bits per heavy atom. The number of carbonyl (C=O) groups excluding carboxylic acids is 2. The Balaban J connectivity index is 3.69. The van der Waals surface area contributed by atoms with E-state index in [0.29, 0.717) is 0 Å². The van der Waals surface area contributed by atoms with Gasteiger partial charge >= 0.3 is 23.9 Å². The van der Waals surface area contributed by atoms with E-state index in [9.17, 15) is 29.4 Å². The van der Waals surface area contributed by atoms with Gasteiger partial charge in [0.25, 0.3) is 0 Å². The summed E-state index contributed by atoms with van der Waals surface area (Å²) < 4.78 is 11.2. The van der Waals surface area contributed by atoms with E-state index in [1.807, 2.05) is 6.07 Å². The van der Waals surface area contributed by atoms with Crippen LogP contribution in [0.15, 0.2) is 30.3 Å². The highest BCUT2D eigenvalue weighted by molar-refractivity contribution is 5.83. The van der Waals surface area contributed by atoms with Crippen LogP contribution in [0.4, 0.5) is 0 Å². The van der Waals surface area contributed by atoms with Crippen LogP contribution in [0.25, 0.3) is 0 Å². The zero-order valence-corrected chi connectivity index (χ0v) is 24.5. The topological polar surface area (TPSA) is 127 Å². The van der Waals surface area contributed by atoms with Gasteiger partial charge in [0.15, 0.2) is 0 Å². The molecule has 0 radical (unpaired) electrons. The SMILES string of the molecule is CC(C)(C)OC(=O)CCC(CCC(=O)O)(CC(C(=O)O)(C(C)(C)C)C(C)(C)C)C(=O)OCc1ccccc1. The lowest BCUT2D eigenvalue weighted by atomic mass is 9.48. The molecule has 0 saturated heterocycles. The van der Waals surface area contributed by atoms with E-state index in [1.54, 1.807) is 86.6 Å². The first-order valence-corrected chi connectivity index (χ1v) is 13.1. The molecule has 8 nitrogen and oxygen atoms in total. The first-order chi connectivity index (χ1) is 17.2. The molecule has 1 unspecified atom stereocenters. The van der Waals surface area contributed by atoms with Crippen molar-refractivity contribution >= 4 is 23.9 Å². The number of ether oxygens (including phenoxy) is 2. The fourth-order valence-electron chi connectivity index (χ4n) is 5.41. The Morgan fingerprint density at radius 2 is 1.26 bits per heavy atom. The summed E-state index contributed by atoms with van der Waals surface area (Å²) in [7, 11) is 0. The molecule has 1 rings (SSSR count). The summed E-state index contributed by atoms with van der Waals surface area (Å²) in [5.41, 5.74) is -4.73. The van der Waals surface area contributed by atoms with E-state index in [0.717, 1.165) is 5.56 Å². The van der Waals surface area contributed by atoms with Crippen LogP contribution in [0.1, 0.15) is 100.0 Å². The summed E-state index contributed by atoms with van der Waals surface area (Å²) in [4.78, 5) is 51.5. The molecule has 1 aromatic rings. The minimum Gasteiger partial charge on any atom is -0.481 e. The van der Waals surface area contributed by atoms with Gasteiger partial charge in [-0.2, -0.15) is 0 Å². The molecule has 0 saturated carbocycles. The maximum Gasteiger partial charge on any atom is 0.312 e. The molecule has 0 amide bonds. The van der Waals surface area contributed by atoms with Gasteiger partial charge in [0, 0.05) is 12.8 Å². The van der Waals surface area contributed by atoms with E-state index in [1.165, 1.54) is 0 Å². The minimum absolute atomic E-state index is 0.0635. The van der Waals surface area contributed by atoms with E-state index in [-0.39, 0.29) is 32.3 Å². The van der Waals surface area contributed by atoms with Gasteiger partial charge < -0.3 is 19.7 Å². The second-order valence-corrected chi connectivity index (χ2v) is 13.2. The molecule has 0 aliphatic carbocycles. The molecule has 1 aromatic carbocycles. The molecule has 0 aromatic heterocycles. The lowest BCUT2D eigenvalue weighted by Crippen LogP contribution is -2.56. The van der Waals surface area contributed by atoms with Gasteiger partial charge in [0.05, 0.1) is 10.8 Å². The standard InChI is InChI=1S/C30H46O8/c1-26(2,3)30(24(34)35,27(4,5)6)20-29(17-15-22(31)32,18-16-23(33)38-28(7,8)9)25(36)37-19-21-13-11-10-12-14-21/h10-14H,15-20H2,1-9H3,(H,31,32)(H,34,35). The van der Waals surface area contributed by atoms with Crippen molar-refractivity contribution in [2.24, 2.45) is 21.7 Å². The van der Waals surface area contributed by atoms with Crippen LogP contribution in [-0.4, -0.2) is 39.7 Å². The van der Waals surface area contributed by atoms with Gasteiger partial charge in [-0.1, -0.05) is 71.9 Å². The zero-order chi connectivity index (χ0) is 29.6. The number of esters is 2. The van der Waals surface area contributed by atoms with Crippen LogP contribution in [0, 0.1) is 21.7 Å². The number of carboxylic acids is 2. The Labute approximate surface area is 227 Å². The second kappa shape index (κ2) is 12.3. The van der Waals surface area contributed by atoms with Gasteiger partial charge in [0.1, 0.15) is 12.2 Å². The largest absolute Gasteiger partial charge is 0.481 e. The van der Waals surface area contributed by atoms with Crippen LogP contribution in [-0.2, 0) is 35.3 Å². The van der Waals surface area contributed by atoms with Crippen LogP contribution in [0.3, 0.4) is 0 Å². The summed E-state index contributed by atoms with van der Waals surface area (Å²) in [6, 6.07) is 9.02. The fraction of sp³-hybridized carbons (Fsp3) is 0.667. The molecule has 2 N–H and O–H groups in total. The molecule has 0 fully saturated rings. The minimum atomic E-state index is -1.57. The van der Waals surface area contributed by atoms with Crippen molar-refractivity contribution in [3.8, 4) is 0 Å². The number of rotatable bonds is 12. The first-order valence-electron chi connectivity index (χ1n) is 13.1. The van der Waals surface area contributed by atoms with Crippen molar-refractivity contribution in [2.45, 2.75) is 107 Å². The number of hydrogen-bond donors (Lipinski definition) is 2. The molecule has 214 valence electrons. The third kappa shape index (κ3) is 8.57. The first kappa shape index (κ1) is 33.1. The highest BCUT2D eigenvalue weighted by Crippen LogP contribution is 2.59. The highest BCUT2D eigenvalue weighted by atomic mass is 16.6. The van der Waals surface area contributed by atoms with Crippen molar-refractivity contribution in [3.63, 3.8) is 0 Å². The molecule has 0 aliphatic rings. The Morgan fingerprint density at radius 3 is 1.68 bits per heavy atom. The zero-order valence-electron chi connectivity index (χ0n) is 24.5. The van der Waals surface area contributed by atoms with E-state index >= 15 is 0 Å². The van der Waals surface area contributed by atoms with Crippen LogP contribution in [0.2, 0.25) is 0 Å². The predicted molar refractivity (Wildman–Crippen MR) is 144 cm³/mol. The summed E-state index contributed by atoms with van der Waals surface area (Å²) in [5.74, 6) is -3.49. The summed E-state index contributed by atoms with van der Waals surface area (Å²) >= 11 is 0. The normalized spacial score (nSPS) is 14.3. The number of benzene rings is 1. The molecular formula is C30H46O8. The van der Waals surface area contributed by atoms with Crippen molar-refractivity contribution in [3.05, 3.63) is 35.9 Å². The monoisotopic (exact) mass is 534 g/mol. The lowest BCUT2D eigenvalue weighted by Gasteiger charge is -2.53. The Kier molecular flexibility index (Phi) is 10.7. The average molecular weight is 535 g/mol. The van der Waals surface area contributed by atoms with Gasteiger partial charge in [0.2, 0.25) is 0 Å². The quantitative estimate of drug-likeness (QED) is 0.301. The van der Waals surface area contributed by atoms with Crippen LogP contribution >= 0.6 is 0 Å². The van der Waals surface area contributed by atoms with E-state index < -0.39 is 57.6 Å². The van der Waals surface area contributed by atoms with E-state index in [4.69, 9.17) is 9.47 Å². The summed E-state index contributed by atoms with van der Waals surface area (Å²) in [6.45, 7) is 15.9.